The molecule has 2 amide bonds. The number of amides is 2. The van der Waals surface area contributed by atoms with Crippen molar-refractivity contribution in [3.8, 4) is 0 Å². The van der Waals surface area contributed by atoms with Gasteiger partial charge in [-0.15, -0.1) is 0 Å². The van der Waals surface area contributed by atoms with Crippen LogP contribution in [0.3, 0.4) is 0 Å². The van der Waals surface area contributed by atoms with Crippen LogP contribution in [-0.2, 0) is 19.1 Å². The molecule has 0 saturated carbocycles. The molecule has 1 saturated heterocycles. The van der Waals surface area contributed by atoms with Crippen LogP contribution in [0.1, 0.15) is 34.1 Å². The number of aliphatic carboxylic acids is 1. The minimum absolute atomic E-state index is 0.0407. The average molecular weight is 273 g/mol. The predicted octanol–water partition coefficient (Wildman–Crippen LogP) is 1.01. The highest BCUT2D eigenvalue weighted by Gasteiger charge is 2.43. The third-order valence-electron chi connectivity index (χ3n) is 2.56. The van der Waals surface area contributed by atoms with Crippen LogP contribution in [0.15, 0.2) is 0 Å². The van der Waals surface area contributed by atoms with Gasteiger partial charge in [0.2, 0.25) is 5.91 Å². The van der Waals surface area contributed by atoms with Gasteiger partial charge in [0.05, 0.1) is 19.6 Å². The van der Waals surface area contributed by atoms with E-state index in [0.29, 0.717) is 0 Å². The minimum Gasteiger partial charge on any atom is -0.479 e. The van der Waals surface area contributed by atoms with Crippen molar-refractivity contribution in [1.29, 1.82) is 0 Å². The number of imide groups is 1. The third-order valence-corrected chi connectivity index (χ3v) is 2.56. The van der Waals surface area contributed by atoms with Crippen molar-refractivity contribution in [3.63, 3.8) is 0 Å². The maximum absolute atomic E-state index is 11.9. The first kappa shape index (κ1) is 15.4. The number of carbonyl (C=O) groups is 3. The SMILES string of the molecule is CC(C)(C)OC(=O)N1C[C@@](C)(C(=O)O)OCCC1=O. The molecule has 1 aliphatic heterocycles. The molecular weight excluding hydrogens is 254 g/mol. The topological polar surface area (TPSA) is 93.1 Å². The van der Waals surface area contributed by atoms with Gasteiger partial charge in [0, 0.05) is 0 Å². The highest BCUT2D eigenvalue weighted by atomic mass is 16.6. The largest absolute Gasteiger partial charge is 0.479 e. The highest BCUT2D eigenvalue weighted by Crippen LogP contribution is 2.20. The lowest BCUT2D eigenvalue weighted by atomic mass is 10.1. The standard InChI is InChI=1S/C12H19NO6/c1-11(2,3)19-10(17)13-7-12(4,9(15)16)18-6-5-8(13)14/h5-7H2,1-4H3,(H,15,16)/t12-/m0/s1. The van der Waals surface area contributed by atoms with Gasteiger partial charge in [-0.1, -0.05) is 0 Å². The molecule has 0 aromatic heterocycles. The van der Waals surface area contributed by atoms with Gasteiger partial charge in [0.1, 0.15) is 5.60 Å². The second-order valence-corrected chi connectivity index (χ2v) is 5.59. The first-order valence-corrected chi connectivity index (χ1v) is 5.96. The first-order chi connectivity index (χ1) is 8.55. The van der Waals surface area contributed by atoms with Gasteiger partial charge in [-0.2, -0.15) is 0 Å². The Morgan fingerprint density at radius 2 is 2.00 bits per heavy atom. The summed E-state index contributed by atoms with van der Waals surface area (Å²) in [6.07, 6.45) is -0.905. The second-order valence-electron chi connectivity index (χ2n) is 5.59. The Hall–Kier alpha value is -1.63. The number of carboxylic acids is 1. The van der Waals surface area contributed by atoms with Gasteiger partial charge < -0.3 is 14.6 Å². The van der Waals surface area contributed by atoms with E-state index in [1.165, 1.54) is 6.92 Å². The lowest BCUT2D eigenvalue weighted by Crippen LogP contribution is -2.51. The molecule has 7 nitrogen and oxygen atoms in total. The number of nitrogens with zero attached hydrogens (tertiary/aromatic N) is 1. The van der Waals surface area contributed by atoms with E-state index in [1.54, 1.807) is 20.8 Å². The maximum Gasteiger partial charge on any atom is 0.417 e. The molecule has 0 radical (unpaired) electrons. The van der Waals surface area contributed by atoms with Crippen molar-refractivity contribution in [2.45, 2.75) is 45.3 Å². The zero-order valence-corrected chi connectivity index (χ0v) is 11.6. The number of hydrogen-bond acceptors (Lipinski definition) is 5. The molecule has 0 aromatic carbocycles. The van der Waals surface area contributed by atoms with E-state index in [4.69, 9.17) is 14.6 Å². The molecular formula is C12H19NO6. The van der Waals surface area contributed by atoms with Crippen molar-refractivity contribution >= 4 is 18.0 Å². The number of hydrogen-bond donors (Lipinski definition) is 1. The summed E-state index contributed by atoms with van der Waals surface area (Å²) in [7, 11) is 0. The summed E-state index contributed by atoms with van der Waals surface area (Å²) < 4.78 is 10.3. The van der Waals surface area contributed by atoms with Gasteiger partial charge in [-0.25, -0.2) is 14.5 Å². The summed E-state index contributed by atoms with van der Waals surface area (Å²) >= 11 is 0. The van der Waals surface area contributed by atoms with E-state index in [9.17, 15) is 14.4 Å². The highest BCUT2D eigenvalue weighted by molar-refractivity contribution is 5.93. The molecule has 1 heterocycles. The summed E-state index contributed by atoms with van der Waals surface area (Å²) in [4.78, 5) is 35.7. The smallest absolute Gasteiger partial charge is 0.417 e. The second kappa shape index (κ2) is 5.16. The van der Waals surface area contributed by atoms with Gasteiger partial charge in [-0.3, -0.25) is 4.79 Å². The molecule has 19 heavy (non-hydrogen) atoms. The summed E-state index contributed by atoms with van der Waals surface area (Å²) in [6.45, 7) is 5.92. The van der Waals surface area contributed by atoms with Crippen LogP contribution in [0.2, 0.25) is 0 Å². The van der Waals surface area contributed by atoms with E-state index in [2.05, 4.69) is 0 Å². The Kier molecular flexibility index (Phi) is 4.19. The molecule has 1 atom stereocenters. The Morgan fingerprint density at radius 3 is 2.47 bits per heavy atom. The van der Waals surface area contributed by atoms with Crippen LogP contribution in [0.25, 0.3) is 0 Å². The van der Waals surface area contributed by atoms with Crippen LogP contribution in [0.5, 0.6) is 0 Å². The lowest BCUT2D eigenvalue weighted by molar-refractivity contribution is -0.163. The lowest BCUT2D eigenvalue weighted by Gasteiger charge is -2.29. The van der Waals surface area contributed by atoms with Crippen LogP contribution < -0.4 is 0 Å². The van der Waals surface area contributed by atoms with E-state index in [1.807, 2.05) is 0 Å². The molecule has 1 aliphatic rings. The van der Waals surface area contributed by atoms with E-state index < -0.39 is 29.2 Å². The number of carboxylic acid groups (broad SMARTS) is 1. The molecule has 0 aromatic rings. The van der Waals surface area contributed by atoms with Crippen LogP contribution in [0.4, 0.5) is 4.79 Å². The molecule has 1 N–H and O–H groups in total. The Labute approximate surface area is 111 Å². The normalized spacial score (nSPS) is 24.8. The Balaban J connectivity index is 2.93. The van der Waals surface area contributed by atoms with Crippen LogP contribution in [-0.4, -0.2) is 52.3 Å². The molecule has 0 unspecified atom stereocenters. The van der Waals surface area contributed by atoms with Crippen molar-refractivity contribution in [2.24, 2.45) is 0 Å². The predicted molar refractivity (Wildman–Crippen MR) is 64.6 cm³/mol. The number of rotatable bonds is 1. The summed E-state index contributed by atoms with van der Waals surface area (Å²) in [5.41, 5.74) is -2.37. The summed E-state index contributed by atoms with van der Waals surface area (Å²) in [6, 6.07) is 0. The Morgan fingerprint density at radius 1 is 1.42 bits per heavy atom. The molecule has 0 spiro atoms. The molecule has 108 valence electrons. The quantitative estimate of drug-likeness (QED) is 0.766. The first-order valence-electron chi connectivity index (χ1n) is 5.96. The van der Waals surface area contributed by atoms with E-state index in [-0.39, 0.29) is 19.6 Å². The van der Waals surface area contributed by atoms with Gasteiger partial charge >= 0.3 is 12.1 Å². The zero-order valence-electron chi connectivity index (χ0n) is 11.6. The fourth-order valence-electron chi connectivity index (χ4n) is 1.55. The van der Waals surface area contributed by atoms with Crippen molar-refractivity contribution in [2.75, 3.05) is 13.2 Å². The molecule has 7 heteroatoms. The van der Waals surface area contributed by atoms with E-state index >= 15 is 0 Å². The number of ether oxygens (including phenoxy) is 2. The monoisotopic (exact) mass is 273 g/mol. The fraction of sp³-hybridized carbons (Fsp3) is 0.750. The molecule has 0 aliphatic carbocycles. The average Bonchev–Trinajstić information content (AvgIpc) is 2.37. The molecule has 0 bridgehead atoms. The van der Waals surface area contributed by atoms with Gasteiger partial charge in [0.15, 0.2) is 5.60 Å². The van der Waals surface area contributed by atoms with Gasteiger partial charge in [-0.05, 0) is 27.7 Å². The maximum atomic E-state index is 11.9. The summed E-state index contributed by atoms with van der Waals surface area (Å²) in [5, 5.41) is 9.13. The fourth-order valence-corrected chi connectivity index (χ4v) is 1.55. The molecule has 1 fully saturated rings. The van der Waals surface area contributed by atoms with E-state index in [0.717, 1.165) is 4.90 Å². The zero-order chi connectivity index (χ0) is 14.8. The molecule has 1 rings (SSSR count). The van der Waals surface area contributed by atoms with Crippen LogP contribution >= 0.6 is 0 Å². The van der Waals surface area contributed by atoms with Crippen molar-refractivity contribution < 1.29 is 29.0 Å². The summed E-state index contributed by atoms with van der Waals surface area (Å²) in [5.74, 6) is -1.73. The minimum atomic E-state index is -1.61. The third kappa shape index (κ3) is 3.92. The number of carbonyl (C=O) groups excluding carboxylic acids is 2. The van der Waals surface area contributed by atoms with Gasteiger partial charge in [0.25, 0.3) is 0 Å². The Bertz CT molecular complexity index is 400. The van der Waals surface area contributed by atoms with Crippen molar-refractivity contribution in [1.82, 2.24) is 4.90 Å². The van der Waals surface area contributed by atoms with Crippen molar-refractivity contribution in [3.05, 3.63) is 0 Å². The van der Waals surface area contributed by atoms with Crippen LogP contribution in [0, 0.1) is 0 Å².